The van der Waals surface area contributed by atoms with E-state index in [1.165, 1.54) is 6.20 Å². The Morgan fingerprint density at radius 2 is 1.42 bits per heavy atom. The minimum absolute atomic E-state index is 0.180. The van der Waals surface area contributed by atoms with Crippen molar-refractivity contribution in [1.82, 2.24) is 4.98 Å². The quantitative estimate of drug-likeness (QED) is 0.568. The van der Waals surface area contributed by atoms with Crippen LogP contribution >= 0.6 is 0 Å². The van der Waals surface area contributed by atoms with E-state index in [0.717, 1.165) is 0 Å². The number of methoxy groups -OCH3 is 2. The molecule has 0 radical (unpaired) electrons. The van der Waals surface area contributed by atoms with Gasteiger partial charge in [0.05, 0.1) is 25.5 Å². The fourth-order valence-corrected chi connectivity index (χ4v) is 3.15. The Kier molecular flexibility index (Phi) is 3.77. The fraction of sp³-hybridized carbons (Fsp3) is 0.0952. The molecule has 0 atom stereocenters. The molecule has 2 aromatic carbocycles. The number of aromatic nitrogens is 1. The van der Waals surface area contributed by atoms with E-state index in [4.69, 9.17) is 9.47 Å². The molecule has 1 heterocycles. The first-order valence-corrected chi connectivity index (χ1v) is 8.05. The molecule has 4 rings (SSSR count). The number of pyridine rings is 1. The van der Waals surface area contributed by atoms with Crippen LogP contribution in [0.4, 0.5) is 0 Å². The standard InChI is InChI=1S/C21H15NO4/c1-25-12-7-8-19(26-2)16(9-12)18-10-15-17(11-22-18)21(24)14-6-4-3-5-13(14)20(15)23/h3-11H,1-2H3. The molecule has 128 valence electrons. The van der Waals surface area contributed by atoms with Crippen molar-refractivity contribution in [2.75, 3.05) is 14.2 Å². The molecule has 1 aromatic heterocycles. The van der Waals surface area contributed by atoms with Crippen molar-refractivity contribution >= 4 is 11.6 Å². The zero-order valence-corrected chi connectivity index (χ0v) is 14.3. The van der Waals surface area contributed by atoms with E-state index in [2.05, 4.69) is 4.98 Å². The lowest BCUT2D eigenvalue weighted by Gasteiger charge is -2.18. The first-order valence-electron chi connectivity index (χ1n) is 8.05. The highest BCUT2D eigenvalue weighted by atomic mass is 16.5. The van der Waals surface area contributed by atoms with Crippen LogP contribution in [0.2, 0.25) is 0 Å². The lowest BCUT2D eigenvalue weighted by atomic mass is 9.84. The summed E-state index contributed by atoms with van der Waals surface area (Å²) in [6.07, 6.45) is 1.46. The molecule has 5 nitrogen and oxygen atoms in total. The Morgan fingerprint density at radius 3 is 2.08 bits per heavy atom. The van der Waals surface area contributed by atoms with Gasteiger partial charge in [-0.1, -0.05) is 24.3 Å². The summed E-state index contributed by atoms with van der Waals surface area (Å²) >= 11 is 0. The largest absolute Gasteiger partial charge is 0.497 e. The van der Waals surface area contributed by atoms with Crippen LogP contribution in [0.25, 0.3) is 11.3 Å². The van der Waals surface area contributed by atoms with Crippen molar-refractivity contribution in [3.8, 4) is 22.8 Å². The van der Waals surface area contributed by atoms with Crippen LogP contribution in [0, 0.1) is 0 Å². The van der Waals surface area contributed by atoms with Crippen LogP contribution < -0.4 is 9.47 Å². The van der Waals surface area contributed by atoms with Crippen molar-refractivity contribution in [2.24, 2.45) is 0 Å². The summed E-state index contributed by atoms with van der Waals surface area (Å²) in [7, 11) is 3.14. The highest BCUT2D eigenvalue weighted by Gasteiger charge is 2.30. The van der Waals surface area contributed by atoms with Gasteiger partial charge in [0.1, 0.15) is 11.5 Å². The normalized spacial score (nSPS) is 12.4. The Hall–Kier alpha value is -3.47. The van der Waals surface area contributed by atoms with Crippen molar-refractivity contribution in [3.05, 3.63) is 77.0 Å². The van der Waals surface area contributed by atoms with Crippen LogP contribution in [-0.4, -0.2) is 30.8 Å². The van der Waals surface area contributed by atoms with Gasteiger partial charge in [-0.05, 0) is 24.3 Å². The second-order valence-corrected chi connectivity index (χ2v) is 5.89. The SMILES string of the molecule is COc1ccc(OC)c(-c2cc3c(cn2)C(=O)c2ccccc2C3=O)c1. The van der Waals surface area contributed by atoms with Gasteiger partial charge in [0.15, 0.2) is 11.6 Å². The molecule has 0 saturated carbocycles. The topological polar surface area (TPSA) is 65.5 Å². The predicted octanol–water partition coefficient (Wildman–Crippen LogP) is 3.54. The molecule has 3 aromatic rings. The minimum atomic E-state index is -0.188. The van der Waals surface area contributed by atoms with Gasteiger partial charge in [-0.15, -0.1) is 0 Å². The highest BCUT2D eigenvalue weighted by Crippen LogP contribution is 2.35. The maximum absolute atomic E-state index is 12.9. The second kappa shape index (κ2) is 6.11. The summed E-state index contributed by atoms with van der Waals surface area (Å²) in [4.78, 5) is 30.0. The predicted molar refractivity (Wildman–Crippen MR) is 96.1 cm³/mol. The average molecular weight is 345 g/mol. The van der Waals surface area contributed by atoms with Gasteiger partial charge < -0.3 is 9.47 Å². The molecule has 26 heavy (non-hydrogen) atoms. The van der Waals surface area contributed by atoms with Crippen molar-refractivity contribution in [2.45, 2.75) is 0 Å². The van der Waals surface area contributed by atoms with E-state index in [1.807, 2.05) is 0 Å². The third kappa shape index (κ3) is 2.37. The smallest absolute Gasteiger partial charge is 0.196 e. The van der Waals surface area contributed by atoms with Crippen LogP contribution in [-0.2, 0) is 0 Å². The Balaban J connectivity index is 1.89. The summed E-state index contributed by atoms with van der Waals surface area (Å²) in [5.74, 6) is 0.883. The molecule has 1 aliphatic rings. The van der Waals surface area contributed by atoms with E-state index < -0.39 is 0 Å². The summed E-state index contributed by atoms with van der Waals surface area (Å²) in [5, 5.41) is 0. The third-order valence-corrected chi connectivity index (χ3v) is 4.49. The van der Waals surface area contributed by atoms with Gasteiger partial charge in [-0.25, -0.2) is 0 Å². The number of benzene rings is 2. The van der Waals surface area contributed by atoms with Gasteiger partial charge >= 0.3 is 0 Å². The molecule has 0 amide bonds. The lowest BCUT2D eigenvalue weighted by Crippen LogP contribution is -2.21. The molecule has 0 unspecified atom stereocenters. The van der Waals surface area contributed by atoms with E-state index in [0.29, 0.717) is 45.0 Å². The molecule has 0 aliphatic heterocycles. The zero-order chi connectivity index (χ0) is 18.3. The summed E-state index contributed by atoms with van der Waals surface area (Å²) in [6.45, 7) is 0. The molecular weight excluding hydrogens is 330 g/mol. The number of rotatable bonds is 3. The number of fused-ring (bicyclic) bond motifs is 2. The number of nitrogens with zero attached hydrogens (tertiary/aromatic N) is 1. The van der Waals surface area contributed by atoms with Crippen molar-refractivity contribution < 1.29 is 19.1 Å². The van der Waals surface area contributed by atoms with Crippen LogP contribution in [0.1, 0.15) is 31.8 Å². The van der Waals surface area contributed by atoms with E-state index in [-0.39, 0.29) is 11.6 Å². The molecule has 0 bridgehead atoms. The molecule has 0 saturated heterocycles. The van der Waals surface area contributed by atoms with Crippen LogP contribution in [0.15, 0.2) is 54.7 Å². The van der Waals surface area contributed by atoms with Crippen LogP contribution in [0.3, 0.4) is 0 Å². The molecule has 5 heteroatoms. The fourth-order valence-electron chi connectivity index (χ4n) is 3.15. The lowest BCUT2D eigenvalue weighted by molar-refractivity contribution is 0.0979. The number of ketones is 2. The Labute approximate surface area is 150 Å². The first-order chi connectivity index (χ1) is 12.6. The van der Waals surface area contributed by atoms with Crippen molar-refractivity contribution in [1.29, 1.82) is 0 Å². The number of hydrogen-bond donors (Lipinski definition) is 0. The minimum Gasteiger partial charge on any atom is -0.497 e. The summed E-state index contributed by atoms with van der Waals surface area (Å²) in [5.41, 5.74) is 2.73. The number of carbonyl (C=O) groups is 2. The van der Waals surface area contributed by atoms with Gasteiger partial charge in [-0.3, -0.25) is 14.6 Å². The maximum Gasteiger partial charge on any atom is 0.196 e. The maximum atomic E-state index is 12.9. The molecule has 0 fully saturated rings. The average Bonchev–Trinajstić information content (AvgIpc) is 2.71. The Morgan fingerprint density at radius 1 is 0.731 bits per heavy atom. The van der Waals surface area contributed by atoms with E-state index >= 15 is 0 Å². The molecule has 0 spiro atoms. The monoisotopic (exact) mass is 345 g/mol. The molecule has 0 N–H and O–H groups in total. The first kappa shape index (κ1) is 16.0. The summed E-state index contributed by atoms with van der Waals surface area (Å²) in [6, 6.07) is 13.8. The van der Waals surface area contributed by atoms with Crippen LogP contribution in [0.5, 0.6) is 11.5 Å². The van der Waals surface area contributed by atoms with Gasteiger partial charge in [0.2, 0.25) is 0 Å². The zero-order valence-electron chi connectivity index (χ0n) is 14.3. The van der Waals surface area contributed by atoms with Gasteiger partial charge in [-0.2, -0.15) is 0 Å². The van der Waals surface area contributed by atoms with E-state index in [9.17, 15) is 9.59 Å². The third-order valence-electron chi connectivity index (χ3n) is 4.49. The Bertz CT molecular complexity index is 1060. The van der Waals surface area contributed by atoms with Gasteiger partial charge in [0, 0.05) is 28.5 Å². The number of ether oxygens (including phenoxy) is 2. The molecular formula is C21H15NO4. The highest BCUT2D eigenvalue weighted by molar-refractivity contribution is 6.28. The van der Waals surface area contributed by atoms with Crippen molar-refractivity contribution in [3.63, 3.8) is 0 Å². The van der Waals surface area contributed by atoms with E-state index in [1.54, 1.807) is 62.8 Å². The summed E-state index contributed by atoms with van der Waals surface area (Å²) < 4.78 is 10.7. The van der Waals surface area contributed by atoms with Gasteiger partial charge in [0.25, 0.3) is 0 Å². The number of hydrogen-bond acceptors (Lipinski definition) is 5. The second-order valence-electron chi connectivity index (χ2n) is 5.89. The number of carbonyl (C=O) groups excluding carboxylic acids is 2. The molecule has 1 aliphatic carbocycles.